The Kier molecular flexibility index (Phi) is 4.94. The van der Waals surface area contributed by atoms with Gasteiger partial charge >= 0.3 is 0 Å². The van der Waals surface area contributed by atoms with Crippen LogP contribution in [-0.4, -0.2) is 44.3 Å². The normalized spacial score (nSPS) is 26.0. The van der Waals surface area contributed by atoms with E-state index in [1.54, 1.807) is 0 Å². The first-order valence-corrected chi connectivity index (χ1v) is 8.39. The molecule has 2 aliphatic heterocycles. The molecule has 3 heteroatoms. The van der Waals surface area contributed by atoms with E-state index < -0.39 is 0 Å². The third kappa shape index (κ3) is 3.65. The standard InChI is InChI=1S/C18H28N2O/c1-2-9-19-13-18(8-11-21-15-18)14-20-10-7-16-5-3-4-6-17(16)12-20/h3-6,19H,2,7-15H2,1H3. The fraction of sp³-hybridized carbons (Fsp3) is 0.667. The van der Waals surface area contributed by atoms with E-state index in [-0.39, 0.29) is 0 Å². The predicted octanol–water partition coefficient (Wildman–Crippen LogP) is 2.45. The van der Waals surface area contributed by atoms with Crippen molar-refractivity contribution in [2.75, 3.05) is 39.4 Å². The molecule has 2 heterocycles. The summed E-state index contributed by atoms with van der Waals surface area (Å²) in [5, 5.41) is 3.62. The Morgan fingerprint density at radius 3 is 2.90 bits per heavy atom. The van der Waals surface area contributed by atoms with E-state index in [2.05, 4.69) is 41.4 Å². The number of fused-ring (bicyclic) bond motifs is 1. The van der Waals surface area contributed by atoms with Gasteiger partial charge in [0, 0.05) is 38.2 Å². The zero-order valence-corrected chi connectivity index (χ0v) is 13.2. The van der Waals surface area contributed by atoms with Crippen LogP contribution < -0.4 is 5.32 Å². The molecular formula is C18H28N2O. The molecule has 1 unspecified atom stereocenters. The Hall–Kier alpha value is -0.900. The minimum atomic E-state index is 0.321. The third-order valence-electron chi connectivity index (χ3n) is 4.88. The SMILES string of the molecule is CCCNCC1(CN2CCc3ccccc3C2)CCOC1. The fourth-order valence-corrected chi connectivity index (χ4v) is 3.66. The van der Waals surface area contributed by atoms with E-state index in [0.717, 1.165) is 39.4 Å². The van der Waals surface area contributed by atoms with Crippen molar-refractivity contribution in [1.29, 1.82) is 0 Å². The van der Waals surface area contributed by atoms with Gasteiger partial charge in [-0.25, -0.2) is 0 Å². The maximum absolute atomic E-state index is 5.74. The molecule has 0 bridgehead atoms. The van der Waals surface area contributed by atoms with Gasteiger partial charge < -0.3 is 10.1 Å². The molecule has 0 aromatic heterocycles. The molecule has 0 spiro atoms. The molecular weight excluding hydrogens is 260 g/mol. The molecule has 2 aliphatic rings. The lowest BCUT2D eigenvalue weighted by molar-refractivity contribution is 0.102. The number of nitrogens with one attached hydrogen (secondary N) is 1. The van der Waals surface area contributed by atoms with Gasteiger partial charge in [-0.3, -0.25) is 4.90 Å². The molecule has 21 heavy (non-hydrogen) atoms. The number of ether oxygens (including phenoxy) is 1. The molecule has 1 N–H and O–H groups in total. The summed E-state index contributed by atoms with van der Waals surface area (Å²) in [7, 11) is 0. The van der Waals surface area contributed by atoms with Crippen LogP contribution in [0.15, 0.2) is 24.3 Å². The fourth-order valence-electron chi connectivity index (χ4n) is 3.66. The highest BCUT2D eigenvalue weighted by Crippen LogP contribution is 2.31. The van der Waals surface area contributed by atoms with Gasteiger partial charge in [0.05, 0.1) is 6.61 Å². The predicted molar refractivity (Wildman–Crippen MR) is 86.5 cm³/mol. The molecule has 0 radical (unpaired) electrons. The number of hydrogen-bond donors (Lipinski definition) is 1. The van der Waals surface area contributed by atoms with E-state index in [1.807, 2.05) is 0 Å². The summed E-state index contributed by atoms with van der Waals surface area (Å²) in [5.41, 5.74) is 3.37. The summed E-state index contributed by atoms with van der Waals surface area (Å²) in [5.74, 6) is 0. The smallest absolute Gasteiger partial charge is 0.0547 e. The summed E-state index contributed by atoms with van der Waals surface area (Å²) in [6, 6.07) is 8.90. The van der Waals surface area contributed by atoms with Crippen LogP contribution in [0, 0.1) is 5.41 Å². The Morgan fingerprint density at radius 1 is 1.29 bits per heavy atom. The number of hydrogen-bond acceptors (Lipinski definition) is 3. The lowest BCUT2D eigenvalue weighted by Crippen LogP contribution is -2.46. The van der Waals surface area contributed by atoms with Crippen LogP contribution in [0.3, 0.4) is 0 Å². The summed E-state index contributed by atoms with van der Waals surface area (Å²) in [6.07, 6.45) is 3.59. The van der Waals surface area contributed by atoms with Crippen LogP contribution in [0.25, 0.3) is 0 Å². The van der Waals surface area contributed by atoms with Crippen molar-refractivity contribution in [3.05, 3.63) is 35.4 Å². The van der Waals surface area contributed by atoms with Gasteiger partial charge in [0.25, 0.3) is 0 Å². The highest BCUT2D eigenvalue weighted by Gasteiger charge is 2.36. The van der Waals surface area contributed by atoms with Gasteiger partial charge in [0.2, 0.25) is 0 Å². The molecule has 1 aromatic carbocycles. The quantitative estimate of drug-likeness (QED) is 0.814. The van der Waals surface area contributed by atoms with Gasteiger partial charge in [-0.2, -0.15) is 0 Å². The molecule has 0 aliphatic carbocycles. The first-order chi connectivity index (χ1) is 10.3. The van der Waals surface area contributed by atoms with Crippen molar-refractivity contribution < 1.29 is 4.74 Å². The second-order valence-corrected chi connectivity index (χ2v) is 6.71. The highest BCUT2D eigenvalue weighted by atomic mass is 16.5. The Labute approximate surface area is 128 Å². The van der Waals surface area contributed by atoms with Gasteiger partial charge in [-0.15, -0.1) is 0 Å². The first kappa shape index (κ1) is 15.0. The third-order valence-corrected chi connectivity index (χ3v) is 4.88. The van der Waals surface area contributed by atoms with Gasteiger partial charge in [0.15, 0.2) is 0 Å². The van der Waals surface area contributed by atoms with Crippen molar-refractivity contribution in [3.8, 4) is 0 Å². The van der Waals surface area contributed by atoms with Gasteiger partial charge in [-0.05, 0) is 36.9 Å². The average molecular weight is 288 g/mol. The monoisotopic (exact) mass is 288 g/mol. The van der Waals surface area contributed by atoms with Crippen LogP contribution in [0.2, 0.25) is 0 Å². The summed E-state index contributed by atoms with van der Waals surface area (Å²) in [4.78, 5) is 2.63. The van der Waals surface area contributed by atoms with E-state index >= 15 is 0 Å². The summed E-state index contributed by atoms with van der Waals surface area (Å²) in [6.45, 7) is 9.74. The van der Waals surface area contributed by atoms with E-state index in [4.69, 9.17) is 4.74 Å². The van der Waals surface area contributed by atoms with Crippen LogP contribution in [0.5, 0.6) is 0 Å². The van der Waals surface area contributed by atoms with Crippen LogP contribution >= 0.6 is 0 Å². The maximum Gasteiger partial charge on any atom is 0.0547 e. The van der Waals surface area contributed by atoms with Crippen molar-refractivity contribution in [1.82, 2.24) is 10.2 Å². The van der Waals surface area contributed by atoms with E-state index in [1.165, 1.54) is 36.9 Å². The largest absolute Gasteiger partial charge is 0.381 e. The Balaban J connectivity index is 1.61. The number of benzene rings is 1. The second kappa shape index (κ2) is 6.91. The maximum atomic E-state index is 5.74. The second-order valence-electron chi connectivity index (χ2n) is 6.71. The Morgan fingerprint density at radius 2 is 2.14 bits per heavy atom. The van der Waals surface area contributed by atoms with Gasteiger partial charge in [0.1, 0.15) is 0 Å². The van der Waals surface area contributed by atoms with Crippen molar-refractivity contribution in [2.24, 2.45) is 5.41 Å². The highest BCUT2D eigenvalue weighted by molar-refractivity contribution is 5.29. The topological polar surface area (TPSA) is 24.5 Å². The van der Waals surface area contributed by atoms with Gasteiger partial charge in [-0.1, -0.05) is 31.2 Å². The molecule has 1 saturated heterocycles. The molecule has 1 atom stereocenters. The van der Waals surface area contributed by atoms with Crippen molar-refractivity contribution >= 4 is 0 Å². The lowest BCUT2D eigenvalue weighted by atomic mass is 9.85. The number of nitrogens with zero attached hydrogens (tertiary/aromatic N) is 1. The zero-order valence-electron chi connectivity index (χ0n) is 13.2. The molecule has 3 rings (SSSR count). The average Bonchev–Trinajstić information content (AvgIpc) is 2.96. The molecule has 116 valence electrons. The lowest BCUT2D eigenvalue weighted by Gasteiger charge is -2.37. The first-order valence-electron chi connectivity index (χ1n) is 8.39. The summed E-state index contributed by atoms with van der Waals surface area (Å²) >= 11 is 0. The molecule has 1 aromatic rings. The molecule has 0 amide bonds. The minimum Gasteiger partial charge on any atom is -0.381 e. The zero-order chi connectivity index (χ0) is 14.5. The van der Waals surface area contributed by atoms with E-state index in [0.29, 0.717) is 5.41 Å². The van der Waals surface area contributed by atoms with E-state index in [9.17, 15) is 0 Å². The molecule has 1 fully saturated rings. The summed E-state index contributed by atoms with van der Waals surface area (Å²) < 4.78 is 5.74. The van der Waals surface area contributed by atoms with Crippen molar-refractivity contribution in [2.45, 2.75) is 32.7 Å². The number of rotatable bonds is 6. The van der Waals surface area contributed by atoms with Crippen molar-refractivity contribution in [3.63, 3.8) is 0 Å². The van der Waals surface area contributed by atoms with Crippen LogP contribution in [0.1, 0.15) is 30.9 Å². The van der Waals surface area contributed by atoms with Crippen LogP contribution in [-0.2, 0) is 17.7 Å². The molecule has 3 nitrogen and oxygen atoms in total. The Bertz CT molecular complexity index is 454. The van der Waals surface area contributed by atoms with Crippen LogP contribution in [0.4, 0.5) is 0 Å². The minimum absolute atomic E-state index is 0.321. The molecule has 0 saturated carbocycles.